The van der Waals surface area contributed by atoms with Crippen LogP contribution in [0.3, 0.4) is 0 Å². The van der Waals surface area contributed by atoms with E-state index in [9.17, 15) is 13.2 Å². The Balaban J connectivity index is 0.00000280. The number of hydrogen-bond acceptors (Lipinski definition) is 6. The molecule has 1 aromatic rings. The van der Waals surface area contributed by atoms with Crippen molar-refractivity contribution in [3.05, 3.63) is 29.8 Å². The van der Waals surface area contributed by atoms with E-state index in [1.54, 1.807) is 11.4 Å². The largest absolute Gasteiger partial charge is 0.496 e. The smallest absolute Gasteiger partial charge is 0.310 e. The van der Waals surface area contributed by atoms with Gasteiger partial charge in [0.1, 0.15) is 5.75 Å². The molecule has 2 aliphatic rings. The summed E-state index contributed by atoms with van der Waals surface area (Å²) < 4.78 is 39.1. The van der Waals surface area contributed by atoms with E-state index >= 15 is 0 Å². The van der Waals surface area contributed by atoms with Gasteiger partial charge in [0.25, 0.3) is 0 Å². The highest BCUT2D eigenvalue weighted by molar-refractivity contribution is 7.89. The highest BCUT2D eigenvalue weighted by Crippen LogP contribution is 2.38. The predicted octanol–water partition coefficient (Wildman–Crippen LogP) is 2.12. The molecular weight excluding hydrogens is 404 g/mol. The van der Waals surface area contributed by atoms with Crippen molar-refractivity contribution in [2.75, 3.05) is 33.9 Å². The summed E-state index contributed by atoms with van der Waals surface area (Å²) in [5.41, 5.74) is 0.834. The van der Waals surface area contributed by atoms with Crippen LogP contribution >= 0.6 is 12.4 Å². The van der Waals surface area contributed by atoms with E-state index in [-0.39, 0.29) is 18.4 Å². The molecule has 0 spiro atoms. The molecule has 2 fully saturated rings. The average molecular weight is 433 g/mol. The number of ether oxygens (including phenoxy) is 2. The molecule has 9 heteroatoms. The minimum atomic E-state index is -3.67. The molecule has 1 aromatic carbocycles. The maximum Gasteiger partial charge on any atom is 0.310 e. The molecule has 1 saturated heterocycles. The van der Waals surface area contributed by atoms with Crippen LogP contribution in [-0.4, -0.2) is 57.8 Å². The third-order valence-corrected chi connectivity index (χ3v) is 8.03. The van der Waals surface area contributed by atoms with Gasteiger partial charge in [-0.2, -0.15) is 4.31 Å². The van der Waals surface area contributed by atoms with Crippen molar-refractivity contribution < 1.29 is 22.7 Å². The molecule has 1 saturated carbocycles. The van der Waals surface area contributed by atoms with Gasteiger partial charge < -0.3 is 14.8 Å². The molecule has 1 heterocycles. The maximum atomic E-state index is 13.6. The summed E-state index contributed by atoms with van der Waals surface area (Å²) in [6.45, 7) is 1.46. The zero-order chi connectivity index (χ0) is 19.4. The van der Waals surface area contributed by atoms with Gasteiger partial charge in [-0.3, -0.25) is 4.79 Å². The Morgan fingerprint density at radius 1 is 1.18 bits per heavy atom. The number of sulfonamides is 1. The number of para-hydroxylation sites is 1. The van der Waals surface area contributed by atoms with Gasteiger partial charge >= 0.3 is 5.97 Å². The predicted molar refractivity (Wildman–Crippen MR) is 109 cm³/mol. The van der Waals surface area contributed by atoms with Gasteiger partial charge in [0, 0.05) is 25.2 Å². The Kier molecular flexibility index (Phi) is 8.12. The first kappa shape index (κ1) is 22.9. The Morgan fingerprint density at radius 2 is 1.89 bits per heavy atom. The van der Waals surface area contributed by atoms with Crippen LogP contribution < -0.4 is 10.1 Å². The van der Waals surface area contributed by atoms with Crippen molar-refractivity contribution in [2.45, 2.75) is 37.0 Å². The van der Waals surface area contributed by atoms with E-state index in [4.69, 9.17) is 9.47 Å². The fourth-order valence-electron chi connectivity index (χ4n) is 4.25. The Bertz CT molecular complexity index is 773. The minimum absolute atomic E-state index is 0. The van der Waals surface area contributed by atoms with Crippen molar-refractivity contribution in [2.24, 2.45) is 5.92 Å². The number of carbonyl (C=O) groups excluding carboxylic acids is 1. The summed E-state index contributed by atoms with van der Waals surface area (Å²) in [4.78, 5) is 12.2. The van der Waals surface area contributed by atoms with Crippen molar-refractivity contribution in [1.29, 1.82) is 0 Å². The molecule has 3 unspecified atom stereocenters. The van der Waals surface area contributed by atoms with Gasteiger partial charge in [0.15, 0.2) is 0 Å². The van der Waals surface area contributed by atoms with Gasteiger partial charge in [-0.15, -0.1) is 12.4 Å². The van der Waals surface area contributed by atoms with Gasteiger partial charge in [0.2, 0.25) is 10.0 Å². The molecule has 28 heavy (non-hydrogen) atoms. The first-order valence-electron chi connectivity index (χ1n) is 9.42. The molecule has 1 aliphatic heterocycles. The number of nitrogens with one attached hydrogen (secondary N) is 1. The topological polar surface area (TPSA) is 84.9 Å². The number of methoxy groups -OCH3 is 2. The summed E-state index contributed by atoms with van der Waals surface area (Å²) in [5.74, 6) is -0.353. The highest BCUT2D eigenvalue weighted by atomic mass is 35.5. The maximum absolute atomic E-state index is 13.6. The van der Waals surface area contributed by atoms with E-state index in [0.29, 0.717) is 38.2 Å². The summed E-state index contributed by atoms with van der Waals surface area (Å²) in [7, 11) is -0.767. The van der Waals surface area contributed by atoms with Crippen LogP contribution in [-0.2, 0) is 19.6 Å². The zero-order valence-electron chi connectivity index (χ0n) is 16.3. The van der Waals surface area contributed by atoms with Crippen LogP contribution in [0.25, 0.3) is 0 Å². The molecule has 1 aliphatic carbocycles. The van der Waals surface area contributed by atoms with Crippen LogP contribution in [0.5, 0.6) is 5.75 Å². The Morgan fingerprint density at radius 3 is 2.61 bits per heavy atom. The molecular formula is C19H29ClN2O5S. The highest BCUT2D eigenvalue weighted by Gasteiger charge is 2.46. The first-order valence-corrected chi connectivity index (χ1v) is 10.9. The van der Waals surface area contributed by atoms with Crippen LogP contribution in [0.1, 0.15) is 37.3 Å². The fourth-order valence-corrected chi connectivity index (χ4v) is 6.61. The molecule has 0 bridgehead atoms. The van der Waals surface area contributed by atoms with Gasteiger partial charge in [-0.1, -0.05) is 31.0 Å². The number of halogens is 1. The number of piperazine rings is 1. The average Bonchev–Trinajstić information content (AvgIpc) is 2.73. The standard InChI is InChI=1S/C19H28N2O5S.ClH/c1-25-17-9-5-3-7-14(17)16-13-20-11-12-21(16)27(23,24)18-10-6-4-8-15(18)19(22)26-2;/h3,5,7,9,15-16,18,20H,4,6,8,10-13H2,1-2H3;1H. The molecule has 7 nitrogen and oxygen atoms in total. The van der Waals surface area contributed by atoms with Crippen molar-refractivity contribution >= 4 is 28.4 Å². The number of carbonyl (C=O) groups is 1. The first-order chi connectivity index (χ1) is 13.0. The van der Waals surface area contributed by atoms with Crippen LogP contribution in [0.4, 0.5) is 0 Å². The van der Waals surface area contributed by atoms with Crippen LogP contribution in [0.2, 0.25) is 0 Å². The minimum Gasteiger partial charge on any atom is -0.496 e. The summed E-state index contributed by atoms with van der Waals surface area (Å²) in [6, 6.07) is 7.13. The lowest BCUT2D eigenvalue weighted by Crippen LogP contribution is -2.53. The quantitative estimate of drug-likeness (QED) is 0.717. The lowest BCUT2D eigenvalue weighted by Gasteiger charge is -2.40. The van der Waals surface area contributed by atoms with E-state index in [2.05, 4.69) is 5.32 Å². The third-order valence-electron chi connectivity index (χ3n) is 5.61. The number of benzene rings is 1. The summed E-state index contributed by atoms with van der Waals surface area (Å²) >= 11 is 0. The zero-order valence-corrected chi connectivity index (χ0v) is 17.9. The fraction of sp³-hybridized carbons (Fsp3) is 0.632. The number of nitrogens with zero attached hydrogens (tertiary/aromatic N) is 1. The lowest BCUT2D eigenvalue weighted by atomic mass is 9.89. The molecule has 0 aromatic heterocycles. The van der Waals surface area contributed by atoms with E-state index in [1.165, 1.54) is 7.11 Å². The monoisotopic (exact) mass is 432 g/mol. The number of esters is 1. The van der Waals surface area contributed by atoms with E-state index in [1.807, 2.05) is 24.3 Å². The molecule has 0 radical (unpaired) electrons. The molecule has 3 atom stereocenters. The number of rotatable bonds is 5. The second kappa shape index (κ2) is 9.91. The number of hydrogen-bond donors (Lipinski definition) is 1. The SMILES string of the molecule is COC(=O)C1CCCCC1S(=O)(=O)N1CCNCC1c1ccccc1OC.Cl. The third kappa shape index (κ3) is 4.45. The Hall–Kier alpha value is -1.35. The Labute approximate surface area is 173 Å². The molecule has 158 valence electrons. The molecule has 1 N–H and O–H groups in total. The van der Waals surface area contributed by atoms with Gasteiger partial charge in [0.05, 0.1) is 31.4 Å². The summed E-state index contributed by atoms with van der Waals surface area (Å²) in [6.07, 6.45) is 2.71. The van der Waals surface area contributed by atoms with Crippen molar-refractivity contribution in [3.63, 3.8) is 0 Å². The van der Waals surface area contributed by atoms with Crippen molar-refractivity contribution in [3.8, 4) is 5.75 Å². The van der Waals surface area contributed by atoms with Crippen LogP contribution in [0.15, 0.2) is 24.3 Å². The molecule has 3 rings (SSSR count). The molecule has 0 amide bonds. The lowest BCUT2D eigenvalue weighted by molar-refractivity contribution is -0.146. The van der Waals surface area contributed by atoms with Gasteiger partial charge in [-0.05, 0) is 18.9 Å². The van der Waals surface area contributed by atoms with E-state index in [0.717, 1.165) is 18.4 Å². The second-order valence-corrected chi connectivity index (χ2v) is 9.17. The van der Waals surface area contributed by atoms with Crippen molar-refractivity contribution in [1.82, 2.24) is 9.62 Å². The van der Waals surface area contributed by atoms with E-state index < -0.39 is 27.2 Å². The normalized spacial score (nSPS) is 26.1. The van der Waals surface area contributed by atoms with Crippen LogP contribution in [0, 0.1) is 5.92 Å². The summed E-state index contributed by atoms with van der Waals surface area (Å²) in [5, 5.41) is 2.55. The van der Waals surface area contributed by atoms with Gasteiger partial charge in [-0.25, -0.2) is 8.42 Å². The second-order valence-electron chi connectivity index (χ2n) is 7.07.